The van der Waals surface area contributed by atoms with Crippen LogP contribution in [0.2, 0.25) is 0 Å². The Kier molecular flexibility index (Phi) is 2.48. The second-order valence-corrected chi connectivity index (χ2v) is 4.63. The molecule has 2 N–H and O–H groups in total. The van der Waals surface area contributed by atoms with Crippen molar-refractivity contribution >= 4 is 28.3 Å². The highest BCUT2D eigenvalue weighted by atomic mass is 32.2. The molecule has 0 aliphatic carbocycles. The van der Waals surface area contributed by atoms with Crippen LogP contribution < -0.4 is 5.73 Å². The van der Waals surface area contributed by atoms with Gasteiger partial charge in [-0.3, -0.25) is 0 Å². The number of hydrogen-bond donors (Lipinski definition) is 1. The fraction of sp³-hybridized carbons (Fsp3) is 0.667. The zero-order valence-electron chi connectivity index (χ0n) is 6.40. The van der Waals surface area contributed by atoms with Crippen molar-refractivity contribution in [3.63, 3.8) is 0 Å². The minimum Gasteiger partial charge on any atom is -0.388 e. The molecular formula is C6H9N3OS2. The van der Waals surface area contributed by atoms with Crippen LogP contribution in [0, 0.1) is 0 Å². The maximum absolute atomic E-state index is 5.64. The van der Waals surface area contributed by atoms with Gasteiger partial charge < -0.3 is 10.5 Å². The summed E-state index contributed by atoms with van der Waals surface area (Å²) in [6.07, 6.45) is 0. The number of thioether (sulfide) groups is 1. The predicted molar refractivity (Wildman–Crippen MR) is 50.2 cm³/mol. The number of nitrogens with two attached hydrogens (primary N) is 1. The van der Waals surface area contributed by atoms with E-state index in [0.717, 1.165) is 29.7 Å². The van der Waals surface area contributed by atoms with Crippen molar-refractivity contribution in [2.45, 2.75) is 11.0 Å². The average Bonchev–Trinajstić information content (AvgIpc) is 2.33. The fourth-order valence-corrected chi connectivity index (χ4v) is 2.35. The van der Waals surface area contributed by atoms with Crippen LogP contribution in [0.3, 0.4) is 0 Å². The van der Waals surface area contributed by atoms with Crippen LogP contribution in [-0.2, 0) is 10.5 Å². The summed E-state index contributed by atoms with van der Waals surface area (Å²) in [5.41, 5.74) is 6.55. The van der Waals surface area contributed by atoms with Crippen molar-refractivity contribution in [3.05, 3.63) is 5.69 Å². The van der Waals surface area contributed by atoms with Gasteiger partial charge in [0.25, 0.3) is 0 Å². The van der Waals surface area contributed by atoms with Crippen LogP contribution in [-0.4, -0.2) is 28.1 Å². The Morgan fingerprint density at radius 3 is 3.00 bits per heavy atom. The molecule has 1 aromatic heterocycles. The maximum atomic E-state index is 5.64. The van der Waals surface area contributed by atoms with Gasteiger partial charge in [-0.15, -0.1) is 16.9 Å². The Labute approximate surface area is 78.7 Å². The van der Waals surface area contributed by atoms with E-state index >= 15 is 0 Å². The Balaban J connectivity index is 1.82. The largest absolute Gasteiger partial charge is 0.388 e. The molecule has 1 fully saturated rings. The third-order valence-corrected chi connectivity index (χ3v) is 3.43. The van der Waals surface area contributed by atoms with Crippen LogP contribution in [0.4, 0.5) is 5.00 Å². The normalized spacial score (nSPS) is 17.7. The van der Waals surface area contributed by atoms with Gasteiger partial charge in [0.05, 0.1) is 18.5 Å². The summed E-state index contributed by atoms with van der Waals surface area (Å²) in [6.45, 7) is 1.73. The van der Waals surface area contributed by atoms with E-state index in [1.807, 2.05) is 11.8 Å². The number of anilines is 1. The second-order valence-electron chi connectivity index (χ2n) is 2.55. The second kappa shape index (κ2) is 3.59. The quantitative estimate of drug-likeness (QED) is 0.785. The first-order valence-corrected chi connectivity index (χ1v) is 5.44. The highest BCUT2D eigenvalue weighted by Crippen LogP contribution is 2.25. The van der Waals surface area contributed by atoms with Crippen LogP contribution in [0.15, 0.2) is 0 Å². The molecule has 0 saturated carbocycles. The van der Waals surface area contributed by atoms with E-state index in [-0.39, 0.29) is 0 Å². The molecule has 2 rings (SSSR count). The summed E-state index contributed by atoms with van der Waals surface area (Å²) in [7, 11) is 0. The van der Waals surface area contributed by atoms with Crippen molar-refractivity contribution < 1.29 is 4.74 Å². The van der Waals surface area contributed by atoms with Crippen LogP contribution >= 0.6 is 23.3 Å². The van der Waals surface area contributed by atoms with Crippen LogP contribution in [0.25, 0.3) is 0 Å². The van der Waals surface area contributed by atoms with Gasteiger partial charge in [-0.2, -0.15) is 0 Å². The van der Waals surface area contributed by atoms with Crippen LogP contribution in [0.5, 0.6) is 0 Å². The number of rotatable bonds is 3. The first-order valence-electron chi connectivity index (χ1n) is 3.62. The first-order chi connectivity index (χ1) is 5.86. The van der Waals surface area contributed by atoms with Crippen molar-refractivity contribution in [1.29, 1.82) is 0 Å². The van der Waals surface area contributed by atoms with Gasteiger partial charge in [0.15, 0.2) is 0 Å². The maximum Gasteiger partial charge on any atom is 0.131 e. The van der Waals surface area contributed by atoms with E-state index in [9.17, 15) is 0 Å². The predicted octanol–water partition coefficient (Wildman–Crippen LogP) is 0.752. The number of hydrogen-bond acceptors (Lipinski definition) is 6. The summed E-state index contributed by atoms with van der Waals surface area (Å²) < 4.78 is 8.82. The molecular weight excluding hydrogens is 194 g/mol. The molecule has 0 spiro atoms. The number of aromatic nitrogens is 2. The van der Waals surface area contributed by atoms with Gasteiger partial charge in [-0.05, 0) is 0 Å². The summed E-state index contributed by atoms with van der Waals surface area (Å²) in [5.74, 6) is 0.858. The van der Waals surface area contributed by atoms with E-state index in [4.69, 9.17) is 10.5 Å². The molecule has 4 nitrogen and oxygen atoms in total. The van der Waals surface area contributed by atoms with E-state index in [1.165, 1.54) is 11.5 Å². The summed E-state index contributed by atoms with van der Waals surface area (Å²) in [6, 6.07) is 0. The summed E-state index contributed by atoms with van der Waals surface area (Å²) in [4.78, 5) is 0. The topological polar surface area (TPSA) is 61.0 Å². The van der Waals surface area contributed by atoms with Crippen molar-refractivity contribution in [3.8, 4) is 0 Å². The standard InChI is InChI=1S/C6H9N3OS2/c7-6-5(8-9-12-6)3-11-4-1-10-2-4/h4H,1-3,7H2. The van der Waals surface area contributed by atoms with Crippen molar-refractivity contribution in [2.75, 3.05) is 18.9 Å². The molecule has 0 unspecified atom stereocenters. The number of nitrogen functional groups attached to an aromatic ring is 1. The van der Waals surface area contributed by atoms with Gasteiger partial charge >= 0.3 is 0 Å². The molecule has 1 saturated heterocycles. The SMILES string of the molecule is Nc1snnc1CSC1COC1. The fourth-order valence-electron chi connectivity index (χ4n) is 0.823. The third kappa shape index (κ3) is 1.70. The first kappa shape index (κ1) is 8.28. The zero-order valence-corrected chi connectivity index (χ0v) is 8.03. The highest BCUT2D eigenvalue weighted by Gasteiger charge is 2.19. The molecule has 6 heteroatoms. The number of ether oxygens (including phenoxy) is 1. The lowest BCUT2D eigenvalue weighted by Gasteiger charge is -2.24. The minimum atomic E-state index is 0.631. The third-order valence-electron chi connectivity index (χ3n) is 1.65. The molecule has 2 heterocycles. The highest BCUT2D eigenvalue weighted by molar-refractivity contribution is 7.99. The Hall–Kier alpha value is -0.330. The molecule has 1 aromatic rings. The smallest absolute Gasteiger partial charge is 0.131 e. The Bertz CT molecular complexity index is 261. The molecule has 0 radical (unpaired) electrons. The minimum absolute atomic E-state index is 0.631. The molecule has 0 aromatic carbocycles. The van der Waals surface area contributed by atoms with Gasteiger partial charge in [-0.25, -0.2) is 0 Å². The van der Waals surface area contributed by atoms with Gasteiger partial charge in [-0.1, -0.05) is 4.49 Å². The Morgan fingerprint density at radius 1 is 1.67 bits per heavy atom. The molecule has 12 heavy (non-hydrogen) atoms. The van der Waals surface area contributed by atoms with E-state index in [1.54, 1.807) is 0 Å². The van der Waals surface area contributed by atoms with Crippen molar-refractivity contribution in [1.82, 2.24) is 9.59 Å². The Morgan fingerprint density at radius 2 is 2.50 bits per heavy atom. The average molecular weight is 203 g/mol. The van der Waals surface area contributed by atoms with Gasteiger partial charge in [0.1, 0.15) is 10.7 Å². The molecule has 0 amide bonds. The monoisotopic (exact) mass is 203 g/mol. The summed E-state index contributed by atoms with van der Waals surface area (Å²) >= 11 is 3.09. The molecule has 1 aliphatic rings. The van der Waals surface area contributed by atoms with Crippen molar-refractivity contribution in [2.24, 2.45) is 0 Å². The molecule has 1 aliphatic heterocycles. The molecule has 0 atom stereocenters. The zero-order chi connectivity index (χ0) is 8.39. The van der Waals surface area contributed by atoms with Crippen LogP contribution in [0.1, 0.15) is 5.69 Å². The lowest BCUT2D eigenvalue weighted by atomic mass is 10.4. The molecule has 0 bridgehead atoms. The lowest BCUT2D eigenvalue weighted by molar-refractivity contribution is 0.0455. The number of nitrogens with zero attached hydrogens (tertiary/aromatic N) is 2. The van der Waals surface area contributed by atoms with Gasteiger partial charge in [0, 0.05) is 17.3 Å². The van der Waals surface area contributed by atoms with Gasteiger partial charge in [0.2, 0.25) is 0 Å². The molecule has 66 valence electrons. The van der Waals surface area contributed by atoms with E-state index in [0.29, 0.717) is 5.25 Å². The van der Waals surface area contributed by atoms with E-state index < -0.39 is 0 Å². The lowest BCUT2D eigenvalue weighted by Crippen LogP contribution is -2.30. The van der Waals surface area contributed by atoms with E-state index in [2.05, 4.69) is 9.59 Å². The summed E-state index contributed by atoms with van der Waals surface area (Å²) in [5, 5.41) is 5.30.